The van der Waals surface area contributed by atoms with Gasteiger partial charge in [-0.15, -0.1) is 10.2 Å². The summed E-state index contributed by atoms with van der Waals surface area (Å²) in [5.74, 6) is 1.97. The highest BCUT2D eigenvalue weighted by Gasteiger charge is 2.20. The molecule has 0 radical (unpaired) electrons. The van der Waals surface area contributed by atoms with Gasteiger partial charge in [0.05, 0.1) is 6.54 Å². The molecule has 0 aliphatic heterocycles. The summed E-state index contributed by atoms with van der Waals surface area (Å²) in [5, 5.41) is 11.3. The van der Waals surface area contributed by atoms with E-state index >= 15 is 0 Å². The molecule has 0 unspecified atom stereocenters. The van der Waals surface area contributed by atoms with Crippen LogP contribution in [0.15, 0.2) is 6.33 Å². The molecule has 1 aromatic rings. The number of hydrogen-bond acceptors (Lipinski definition) is 3. The maximum absolute atomic E-state index is 4.05. The lowest BCUT2D eigenvalue weighted by atomic mass is 10.4. The zero-order valence-electron chi connectivity index (χ0n) is 8.03. The molecule has 72 valence electrons. The van der Waals surface area contributed by atoms with Gasteiger partial charge in [-0.1, -0.05) is 0 Å². The van der Waals surface area contributed by atoms with Gasteiger partial charge in [-0.25, -0.2) is 0 Å². The molecule has 0 saturated heterocycles. The van der Waals surface area contributed by atoms with E-state index in [1.807, 2.05) is 0 Å². The van der Waals surface area contributed by atoms with Gasteiger partial charge in [0.2, 0.25) is 0 Å². The van der Waals surface area contributed by atoms with Crippen molar-refractivity contribution in [1.82, 2.24) is 20.1 Å². The average molecular weight is 180 g/mol. The first kappa shape index (κ1) is 8.69. The van der Waals surface area contributed by atoms with Crippen LogP contribution in [0.25, 0.3) is 0 Å². The fourth-order valence-corrected chi connectivity index (χ4v) is 1.39. The molecule has 1 saturated carbocycles. The van der Waals surface area contributed by atoms with Crippen LogP contribution in [0.5, 0.6) is 0 Å². The first-order valence-corrected chi connectivity index (χ1v) is 4.97. The summed E-state index contributed by atoms with van der Waals surface area (Å²) in [5.41, 5.74) is 0. The Bertz CT molecular complexity index is 264. The van der Waals surface area contributed by atoms with Crippen LogP contribution in [0.4, 0.5) is 0 Å². The van der Waals surface area contributed by atoms with E-state index < -0.39 is 0 Å². The van der Waals surface area contributed by atoms with E-state index in [1.54, 1.807) is 6.33 Å². The van der Waals surface area contributed by atoms with Crippen LogP contribution in [0.3, 0.4) is 0 Å². The molecule has 1 heterocycles. The molecule has 0 bridgehead atoms. The number of aryl methyl sites for hydroxylation is 1. The van der Waals surface area contributed by atoms with Crippen molar-refractivity contribution >= 4 is 0 Å². The Morgan fingerprint density at radius 2 is 2.46 bits per heavy atom. The van der Waals surface area contributed by atoms with Gasteiger partial charge in [-0.05, 0) is 32.2 Å². The van der Waals surface area contributed by atoms with Crippen molar-refractivity contribution in [2.45, 2.75) is 32.9 Å². The van der Waals surface area contributed by atoms with Crippen molar-refractivity contribution in [2.24, 2.45) is 5.92 Å². The maximum Gasteiger partial charge on any atom is 0.146 e. The molecule has 1 aromatic heterocycles. The van der Waals surface area contributed by atoms with Crippen LogP contribution in [0.1, 0.15) is 25.6 Å². The predicted octanol–water partition coefficient (Wildman–Crippen LogP) is 0.798. The summed E-state index contributed by atoms with van der Waals surface area (Å²) in [6, 6.07) is 0. The molecule has 0 atom stereocenters. The lowest BCUT2D eigenvalue weighted by molar-refractivity contribution is 0.588. The normalized spacial score (nSPS) is 16.4. The minimum Gasteiger partial charge on any atom is -0.317 e. The zero-order chi connectivity index (χ0) is 9.10. The van der Waals surface area contributed by atoms with E-state index in [0.29, 0.717) is 0 Å². The smallest absolute Gasteiger partial charge is 0.146 e. The number of rotatable bonds is 5. The molecule has 1 fully saturated rings. The van der Waals surface area contributed by atoms with Crippen molar-refractivity contribution in [3.63, 3.8) is 0 Å². The van der Waals surface area contributed by atoms with E-state index in [9.17, 15) is 0 Å². The number of hydrogen-bond donors (Lipinski definition) is 1. The minimum atomic E-state index is 0.852. The second kappa shape index (κ2) is 3.87. The molecule has 1 aliphatic rings. The first-order chi connectivity index (χ1) is 6.40. The molecule has 1 N–H and O–H groups in total. The summed E-state index contributed by atoms with van der Waals surface area (Å²) in [6.45, 7) is 5.04. The molecule has 1 aliphatic carbocycles. The van der Waals surface area contributed by atoms with E-state index in [2.05, 4.69) is 27.0 Å². The summed E-state index contributed by atoms with van der Waals surface area (Å²) >= 11 is 0. The second-order valence-electron chi connectivity index (χ2n) is 3.61. The Balaban J connectivity index is 1.78. The molecule has 4 nitrogen and oxygen atoms in total. The second-order valence-corrected chi connectivity index (χ2v) is 3.61. The topological polar surface area (TPSA) is 42.7 Å². The molecule has 0 spiro atoms. The van der Waals surface area contributed by atoms with Gasteiger partial charge < -0.3 is 9.88 Å². The van der Waals surface area contributed by atoms with E-state index in [1.165, 1.54) is 12.8 Å². The van der Waals surface area contributed by atoms with Crippen molar-refractivity contribution < 1.29 is 0 Å². The molecular formula is C9H16N4. The van der Waals surface area contributed by atoms with Crippen LogP contribution in [0, 0.1) is 5.92 Å². The Labute approximate surface area is 78.4 Å². The standard InChI is InChI=1S/C9H16N4/c1-2-13-7-11-12-9(13)6-10-5-8-3-4-8/h7-8,10H,2-6H2,1H3. The van der Waals surface area contributed by atoms with Crippen LogP contribution in [0.2, 0.25) is 0 Å². The molecule has 4 heteroatoms. The zero-order valence-corrected chi connectivity index (χ0v) is 8.03. The van der Waals surface area contributed by atoms with Gasteiger partial charge in [0.25, 0.3) is 0 Å². The molecule has 0 aromatic carbocycles. The first-order valence-electron chi connectivity index (χ1n) is 4.97. The average Bonchev–Trinajstić information content (AvgIpc) is 2.84. The number of nitrogens with one attached hydrogen (secondary N) is 1. The minimum absolute atomic E-state index is 0.852. The fourth-order valence-electron chi connectivity index (χ4n) is 1.39. The lowest BCUT2D eigenvalue weighted by Gasteiger charge is -2.03. The highest BCUT2D eigenvalue weighted by Crippen LogP contribution is 2.27. The predicted molar refractivity (Wildman–Crippen MR) is 50.1 cm³/mol. The highest BCUT2D eigenvalue weighted by atomic mass is 15.3. The van der Waals surface area contributed by atoms with E-state index in [4.69, 9.17) is 0 Å². The Kier molecular flexibility index (Phi) is 2.59. The van der Waals surface area contributed by atoms with Gasteiger partial charge in [-0.3, -0.25) is 0 Å². The summed E-state index contributed by atoms with van der Waals surface area (Å²) < 4.78 is 2.07. The number of nitrogens with zero attached hydrogens (tertiary/aromatic N) is 3. The highest BCUT2D eigenvalue weighted by molar-refractivity contribution is 4.85. The Hall–Kier alpha value is -0.900. The summed E-state index contributed by atoms with van der Waals surface area (Å²) in [7, 11) is 0. The van der Waals surface area contributed by atoms with Gasteiger partial charge in [0.1, 0.15) is 12.2 Å². The SMILES string of the molecule is CCn1cnnc1CNCC1CC1. The summed E-state index contributed by atoms with van der Waals surface area (Å²) in [6.07, 6.45) is 4.58. The number of aromatic nitrogens is 3. The van der Waals surface area contributed by atoms with Gasteiger partial charge >= 0.3 is 0 Å². The lowest BCUT2D eigenvalue weighted by Crippen LogP contribution is -2.19. The molecule has 0 amide bonds. The quantitative estimate of drug-likeness (QED) is 0.728. The van der Waals surface area contributed by atoms with Crippen molar-refractivity contribution in [1.29, 1.82) is 0 Å². The van der Waals surface area contributed by atoms with Gasteiger partial charge in [-0.2, -0.15) is 0 Å². The maximum atomic E-state index is 4.05. The van der Waals surface area contributed by atoms with Crippen LogP contribution in [-0.4, -0.2) is 21.3 Å². The molecular weight excluding hydrogens is 164 g/mol. The van der Waals surface area contributed by atoms with E-state index in [-0.39, 0.29) is 0 Å². The Morgan fingerprint density at radius 3 is 3.15 bits per heavy atom. The van der Waals surface area contributed by atoms with Crippen molar-refractivity contribution in [3.8, 4) is 0 Å². The van der Waals surface area contributed by atoms with Crippen LogP contribution >= 0.6 is 0 Å². The third-order valence-corrected chi connectivity index (χ3v) is 2.45. The van der Waals surface area contributed by atoms with Crippen molar-refractivity contribution in [3.05, 3.63) is 12.2 Å². The summed E-state index contributed by atoms with van der Waals surface area (Å²) in [4.78, 5) is 0. The van der Waals surface area contributed by atoms with Gasteiger partial charge in [0.15, 0.2) is 0 Å². The third kappa shape index (κ3) is 2.28. The molecule has 2 rings (SSSR count). The van der Waals surface area contributed by atoms with Gasteiger partial charge in [0, 0.05) is 6.54 Å². The van der Waals surface area contributed by atoms with Crippen molar-refractivity contribution in [2.75, 3.05) is 6.54 Å². The third-order valence-electron chi connectivity index (χ3n) is 2.45. The monoisotopic (exact) mass is 180 g/mol. The Morgan fingerprint density at radius 1 is 1.62 bits per heavy atom. The largest absolute Gasteiger partial charge is 0.317 e. The van der Waals surface area contributed by atoms with E-state index in [0.717, 1.165) is 31.4 Å². The van der Waals surface area contributed by atoms with Crippen LogP contribution < -0.4 is 5.32 Å². The van der Waals surface area contributed by atoms with Crippen LogP contribution in [-0.2, 0) is 13.1 Å². The molecule has 13 heavy (non-hydrogen) atoms. The fraction of sp³-hybridized carbons (Fsp3) is 0.778.